The number of nitrogens with one attached hydrogen (secondary N) is 2. The second-order valence-electron chi connectivity index (χ2n) is 15.8. The molecule has 4 nitrogen and oxygen atoms in total. The van der Waals surface area contributed by atoms with Crippen LogP contribution in [0, 0.1) is 11.8 Å². The van der Waals surface area contributed by atoms with Crippen molar-refractivity contribution < 1.29 is 0 Å². The highest BCUT2D eigenvalue weighted by Gasteiger charge is 2.44. The molecule has 0 radical (unpaired) electrons. The maximum absolute atomic E-state index is 4.26. The molecule has 274 valence electrons. The van der Waals surface area contributed by atoms with Gasteiger partial charge in [0.2, 0.25) is 0 Å². The van der Waals surface area contributed by atoms with Gasteiger partial charge in [0.05, 0.1) is 6.17 Å². The van der Waals surface area contributed by atoms with E-state index in [2.05, 4.69) is 68.9 Å². The van der Waals surface area contributed by atoms with Crippen molar-refractivity contribution in [1.82, 2.24) is 20.4 Å². The molecule has 2 fully saturated rings. The number of rotatable bonds is 28. The maximum atomic E-state index is 4.26. The zero-order chi connectivity index (χ0) is 33.5. The minimum absolute atomic E-state index is 0.398. The molecule has 2 aliphatic rings. The predicted octanol–water partition coefficient (Wildman–Crippen LogP) is 11.3. The van der Waals surface area contributed by atoms with Gasteiger partial charge in [-0.05, 0) is 95.8 Å². The van der Waals surface area contributed by atoms with Crippen LogP contribution in [-0.2, 0) is 0 Å². The van der Waals surface area contributed by atoms with Crippen LogP contribution < -0.4 is 10.6 Å². The van der Waals surface area contributed by atoms with Gasteiger partial charge >= 0.3 is 0 Å². The molecule has 0 aromatic rings. The fourth-order valence-electron chi connectivity index (χ4n) is 9.68. The van der Waals surface area contributed by atoms with Crippen LogP contribution in [-0.4, -0.2) is 66.3 Å². The quantitative estimate of drug-likeness (QED) is 0.0651. The zero-order valence-corrected chi connectivity index (χ0v) is 32.8. The Bertz CT molecular complexity index is 628. The highest BCUT2D eigenvalue weighted by atomic mass is 16.7. The standard InChI is InChI=1S/C42H86N4/c1-8-15-22-27-40(43-36-38(13-6)41(28-23-20-24-29-41)45(32-16-9-2)33-17-10-3)44-37-39(14-7)42(30-25-21-26-31-42)46(34-18-11-4)35-19-12-5/h38-40,43-44H,8-37H2,1-7H3/i45+2,46+2. The van der Waals surface area contributed by atoms with Gasteiger partial charge in [0.1, 0.15) is 0 Å². The van der Waals surface area contributed by atoms with Crippen LogP contribution in [0.25, 0.3) is 0 Å². The van der Waals surface area contributed by atoms with Gasteiger partial charge in [0.15, 0.2) is 0 Å². The maximum Gasteiger partial charge on any atom is 0.0571 e. The van der Waals surface area contributed by atoms with Gasteiger partial charge in [-0.15, -0.1) is 0 Å². The summed E-state index contributed by atoms with van der Waals surface area (Å²) in [5.41, 5.74) is 0.797. The molecule has 0 aliphatic heterocycles. The van der Waals surface area contributed by atoms with E-state index in [0.29, 0.717) is 17.2 Å². The SMILES string of the molecule is CCCCCC(NCC(CC)C1([16N](CCCC)CCCC)CCCCC1)NCC(CC)C1([16N](CCCC)CCCC)CCCCC1. The molecule has 2 unspecified atom stereocenters. The summed E-state index contributed by atoms with van der Waals surface area (Å²) in [4.78, 5) is 6.05. The summed E-state index contributed by atoms with van der Waals surface area (Å²) < 4.78 is 0. The molecule has 0 saturated heterocycles. The van der Waals surface area contributed by atoms with Gasteiger partial charge in [-0.1, -0.05) is 145 Å². The first-order chi connectivity index (χ1) is 22.5. The van der Waals surface area contributed by atoms with Crippen molar-refractivity contribution in [2.24, 2.45) is 11.8 Å². The van der Waals surface area contributed by atoms with Crippen LogP contribution in [0.1, 0.15) is 203 Å². The Morgan fingerprint density at radius 1 is 0.457 bits per heavy atom. The molecule has 0 aromatic heterocycles. The lowest BCUT2D eigenvalue weighted by atomic mass is 9.73. The van der Waals surface area contributed by atoms with Crippen LogP contribution in [0.5, 0.6) is 0 Å². The summed E-state index contributed by atoms with van der Waals surface area (Å²) in [5, 5.41) is 8.52. The monoisotopic (exact) mass is 651 g/mol. The first kappa shape index (κ1) is 42.0. The van der Waals surface area contributed by atoms with Crippen molar-refractivity contribution in [3.05, 3.63) is 0 Å². The van der Waals surface area contributed by atoms with E-state index in [-0.39, 0.29) is 0 Å². The van der Waals surface area contributed by atoms with E-state index in [1.54, 1.807) is 0 Å². The molecule has 2 rings (SSSR count). The smallest absolute Gasteiger partial charge is 0.0571 e. The Kier molecular flexibility index (Phi) is 22.7. The van der Waals surface area contributed by atoms with Gasteiger partial charge in [0.25, 0.3) is 0 Å². The summed E-state index contributed by atoms with van der Waals surface area (Å²) >= 11 is 0. The molecule has 2 saturated carbocycles. The molecular weight excluding hydrogens is 564 g/mol. The van der Waals surface area contributed by atoms with Gasteiger partial charge in [0, 0.05) is 24.2 Å². The van der Waals surface area contributed by atoms with Gasteiger partial charge in [-0.3, -0.25) is 9.80 Å². The summed E-state index contributed by atoms with van der Waals surface area (Å²) in [7, 11) is 0. The number of unbranched alkanes of at least 4 members (excludes halogenated alkanes) is 6. The van der Waals surface area contributed by atoms with E-state index in [1.807, 2.05) is 0 Å². The highest BCUT2D eigenvalue weighted by molar-refractivity contribution is 5.01. The van der Waals surface area contributed by atoms with E-state index < -0.39 is 0 Å². The number of nitrogens with zero attached hydrogens (tertiary/aromatic N) is 2. The minimum atomic E-state index is 0.398. The molecule has 0 bridgehead atoms. The summed E-state index contributed by atoms with van der Waals surface area (Å²) in [6.07, 6.45) is 33.2. The molecular formula is C42H86N4. The molecule has 0 amide bonds. The second kappa shape index (κ2) is 24.9. The van der Waals surface area contributed by atoms with E-state index in [0.717, 1.165) is 11.8 Å². The van der Waals surface area contributed by atoms with Crippen molar-refractivity contribution >= 4 is 0 Å². The molecule has 2 atom stereocenters. The average Bonchev–Trinajstić information content (AvgIpc) is 3.09. The Morgan fingerprint density at radius 3 is 1.11 bits per heavy atom. The van der Waals surface area contributed by atoms with Crippen molar-refractivity contribution in [2.75, 3.05) is 39.3 Å². The lowest BCUT2D eigenvalue weighted by Crippen LogP contribution is -2.60. The fraction of sp³-hybridized carbons (Fsp3) is 1.00. The molecule has 46 heavy (non-hydrogen) atoms. The van der Waals surface area contributed by atoms with E-state index in [1.165, 1.54) is 193 Å². The third-order valence-corrected chi connectivity index (χ3v) is 12.6. The molecule has 0 heterocycles. The van der Waals surface area contributed by atoms with Gasteiger partial charge in [-0.2, -0.15) is 0 Å². The highest BCUT2D eigenvalue weighted by Crippen LogP contribution is 2.43. The van der Waals surface area contributed by atoms with Crippen molar-refractivity contribution in [3.63, 3.8) is 0 Å². The van der Waals surface area contributed by atoms with Crippen LogP contribution in [0.3, 0.4) is 0 Å². The second-order valence-corrected chi connectivity index (χ2v) is 15.8. The Balaban J connectivity index is 2.25. The first-order valence-electron chi connectivity index (χ1n) is 21.5. The predicted molar refractivity (Wildman–Crippen MR) is 206 cm³/mol. The third-order valence-electron chi connectivity index (χ3n) is 12.6. The summed E-state index contributed by atoms with van der Waals surface area (Å²) in [6.45, 7) is 24.4. The molecule has 0 spiro atoms. The average molecular weight is 651 g/mol. The Labute approximate surface area is 290 Å². The van der Waals surface area contributed by atoms with Crippen molar-refractivity contribution in [3.8, 4) is 0 Å². The molecule has 2 aliphatic carbocycles. The van der Waals surface area contributed by atoms with Gasteiger partial charge in [-0.25, -0.2) is 0 Å². The Hall–Kier alpha value is -0.160. The van der Waals surface area contributed by atoms with Gasteiger partial charge < -0.3 is 10.6 Å². The summed E-state index contributed by atoms with van der Waals surface area (Å²) in [6, 6.07) is 0. The van der Waals surface area contributed by atoms with Crippen molar-refractivity contribution in [1.29, 1.82) is 0 Å². The van der Waals surface area contributed by atoms with E-state index in [9.17, 15) is 0 Å². The normalized spacial score (nSPS) is 20.3. The Morgan fingerprint density at radius 2 is 0.804 bits per heavy atom. The van der Waals surface area contributed by atoms with Crippen molar-refractivity contribution in [2.45, 2.75) is 220 Å². The van der Waals surface area contributed by atoms with Crippen LogP contribution in [0.2, 0.25) is 0 Å². The van der Waals surface area contributed by atoms with Crippen LogP contribution >= 0.6 is 0 Å². The van der Waals surface area contributed by atoms with Crippen LogP contribution in [0.15, 0.2) is 0 Å². The number of hydrogen-bond donors (Lipinski definition) is 2. The lowest BCUT2D eigenvalue weighted by molar-refractivity contribution is -0.0105. The van der Waals surface area contributed by atoms with Crippen LogP contribution in [0.4, 0.5) is 0 Å². The topological polar surface area (TPSA) is 30.5 Å². The third kappa shape index (κ3) is 12.9. The molecule has 4 heteroatoms. The fourth-order valence-corrected chi connectivity index (χ4v) is 9.68. The van der Waals surface area contributed by atoms with E-state index >= 15 is 0 Å². The molecule has 0 aromatic carbocycles. The lowest BCUT2D eigenvalue weighted by Gasteiger charge is -2.52. The number of hydrogen-bond acceptors (Lipinski definition) is 4. The zero-order valence-electron chi connectivity index (χ0n) is 32.8. The first-order valence-corrected chi connectivity index (χ1v) is 21.5. The largest absolute Gasteiger partial charge is 0.302 e. The molecule has 2 N–H and O–H groups in total. The minimum Gasteiger partial charge on any atom is -0.302 e. The van der Waals surface area contributed by atoms with E-state index in [4.69, 9.17) is 0 Å². The summed E-state index contributed by atoms with van der Waals surface area (Å²) in [5.74, 6) is 1.48.